The molecule has 2 heterocycles. The fourth-order valence-electron chi connectivity index (χ4n) is 2.75. The van der Waals surface area contributed by atoms with E-state index in [4.69, 9.17) is 19.0 Å². The number of fused-ring (bicyclic) bond motifs is 2. The van der Waals surface area contributed by atoms with Gasteiger partial charge in [-0.2, -0.15) is 0 Å². The number of rotatable bonds is 2. The highest BCUT2D eigenvalue weighted by Crippen LogP contribution is 2.37. The molecule has 0 radical (unpaired) electrons. The van der Waals surface area contributed by atoms with Crippen LogP contribution in [0, 0.1) is 0 Å². The van der Waals surface area contributed by atoms with Crippen LogP contribution in [0.2, 0.25) is 0 Å². The van der Waals surface area contributed by atoms with Gasteiger partial charge in [-0.05, 0) is 18.2 Å². The fourth-order valence-corrected chi connectivity index (χ4v) is 2.75. The van der Waals surface area contributed by atoms with E-state index < -0.39 is 11.5 Å². The number of ether oxygens (including phenoxy) is 2. The average molecular weight is 342 g/mol. The van der Waals surface area contributed by atoms with Gasteiger partial charge in [0.15, 0.2) is 23.0 Å². The van der Waals surface area contributed by atoms with Crippen LogP contribution in [0.15, 0.2) is 45.6 Å². The maximum atomic E-state index is 12.3. The lowest BCUT2D eigenvalue weighted by Crippen LogP contribution is -2.32. The Morgan fingerprint density at radius 2 is 1.92 bits per heavy atom. The van der Waals surface area contributed by atoms with Crippen LogP contribution in [-0.2, 0) is 0 Å². The quantitative estimate of drug-likeness (QED) is 0.653. The number of phenols is 2. The number of aromatic hydroxyl groups is 2. The summed E-state index contributed by atoms with van der Waals surface area (Å²) >= 11 is 0. The Hall–Kier alpha value is -3.19. The van der Waals surface area contributed by atoms with Crippen LogP contribution >= 0.6 is 0 Å². The predicted molar refractivity (Wildman–Crippen MR) is 88.2 cm³/mol. The van der Waals surface area contributed by atoms with Crippen LogP contribution in [0.4, 0.5) is 0 Å². The molecule has 0 aliphatic carbocycles. The zero-order valence-corrected chi connectivity index (χ0v) is 12.9. The maximum absolute atomic E-state index is 12.3. The van der Waals surface area contributed by atoms with Gasteiger partial charge in [-0.15, -0.1) is 0 Å². The van der Waals surface area contributed by atoms with Crippen molar-refractivity contribution in [2.24, 2.45) is 0 Å². The van der Waals surface area contributed by atoms with Crippen molar-refractivity contribution in [2.45, 2.75) is 6.10 Å². The second-order valence-corrected chi connectivity index (χ2v) is 5.71. The van der Waals surface area contributed by atoms with E-state index in [-0.39, 0.29) is 41.4 Å². The largest absolute Gasteiger partial charge is 0.508 e. The van der Waals surface area contributed by atoms with Crippen LogP contribution in [0.1, 0.15) is 0 Å². The monoisotopic (exact) mass is 342 g/mol. The van der Waals surface area contributed by atoms with Crippen LogP contribution in [0.5, 0.6) is 23.0 Å². The van der Waals surface area contributed by atoms with Crippen molar-refractivity contribution in [2.75, 3.05) is 13.2 Å². The number of aliphatic hydroxyl groups is 1. The number of hydrogen-bond acceptors (Lipinski definition) is 7. The van der Waals surface area contributed by atoms with Crippen LogP contribution in [0.25, 0.3) is 22.3 Å². The second kappa shape index (κ2) is 5.71. The summed E-state index contributed by atoms with van der Waals surface area (Å²) in [6.07, 6.45) is -0.414. The molecule has 0 spiro atoms. The SMILES string of the molecule is O=c1cc(-c2ccc3c(c2)OC[C@@H](CO)O3)oc2cc(O)cc(O)c12. The molecule has 0 unspecified atom stereocenters. The van der Waals surface area contributed by atoms with Crippen LogP contribution in [0.3, 0.4) is 0 Å². The molecule has 4 rings (SSSR count). The van der Waals surface area contributed by atoms with E-state index in [1.54, 1.807) is 18.2 Å². The molecule has 0 amide bonds. The topological polar surface area (TPSA) is 109 Å². The molecule has 128 valence electrons. The van der Waals surface area contributed by atoms with Gasteiger partial charge in [0.1, 0.15) is 34.8 Å². The van der Waals surface area contributed by atoms with E-state index in [0.29, 0.717) is 17.1 Å². The smallest absolute Gasteiger partial charge is 0.197 e. The van der Waals surface area contributed by atoms with E-state index >= 15 is 0 Å². The Balaban J connectivity index is 1.82. The van der Waals surface area contributed by atoms with Gasteiger partial charge in [-0.25, -0.2) is 0 Å². The Morgan fingerprint density at radius 1 is 1.08 bits per heavy atom. The van der Waals surface area contributed by atoms with Crippen molar-refractivity contribution in [1.82, 2.24) is 0 Å². The first-order chi connectivity index (χ1) is 12.0. The number of aliphatic hydroxyl groups excluding tert-OH is 1. The first-order valence-electron chi connectivity index (χ1n) is 7.60. The van der Waals surface area contributed by atoms with E-state index in [1.807, 2.05) is 0 Å². The second-order valence-electron chi connectivity index (χ2n) is 5.71. The van der Waals surface area contributed by atoms with Gasteiger partial charge in [0.05, 0.1) is 6.61 Å². The molecular formula is C18H14O7. The maximum Gasteiger partial charge on any atom is 0.197 e. The third kappa shape index (κ3) is 2.64. The minimum atomic E-state index is -0.427. The highest BCUT2D eigenvalue weighted by molar-refractivity contribution is 5.86. The molecule has 3 aromatic rings. The summed E-state index contributed by atoms with van der Waals surface area (Å²) in [5.74, 6) is 0.685. The number of phenolic OH excluding ortho intramolecular Hbond substituents is 2. The summed E-state index contributed by atoms with van der Waals surface area (Å²) in [5.41, 5.74) is 0.228. The molecule has 1 aromatic heterocycles. The van der Waals surface area contributed by atoms with Gasteiger partial charge >= 0.3 is 0 Å². The number of benzene rings is 2. The van der Waals surface area contributed by atoms with Crippen LogP contribution < -0.4 is 14.9 Å². The summed E-state index contributed by atoms with van der Waals surface area (Å²) in [6.45, 7) is 0.0735. The molecule has 2 aromatic carbocycles. The summed E-state index contributed by atoms with van der Waals surface area (Å²) < 4.78 is 16.8. The summed E-state index contributed by atoms with van der Waals surface area (Å²) in [7, 11) is 0. The molecule has 7 heteroatoms. The molecule has 3 N–H and O–H groups in total. The van der Waals surface area contributed by atoms with Crippen molar-refractivity contribution in [3.63, 3.8) is 0 Å². The fraction of sp³-hybridized carbons (Fsp3) is 0.167. The van der Waals surface area contributed by atoms with E-state index in [2.05, 4.69) is 0 Å². The van der Waals surface area contributed by atoms with Gasteiger partial charge in [-0.3, -0.25) is 4.79 Å². The van der Waals surface area contributed by atoms with Crippen molar-refractivity contribution in [3.05, 3.63) is 46.6 Å². The molecular weight excluding hydrogens is 328 g/mol. The highest BCUT2D eigenvalue weighted by atomic mass is 16.6. The molecule has 0 saturated heterocycles. The highest BCUT2D eigenvalue weighted by Gasteiger charge is 2.21. The van der Waals surface area contributed by atoms with Crippen molar-refractivity contribution >= 4 is 11.0 Å². The zero-order chi connectivity index (χ0) is 17.6. The molecule has 1 aliphatic rings. The van der Waals surface area contributed by atoms with Crippen molar-refractivity contribution < 1.29 is 29.2 Å². The lowest BCUT2D eigenvalue weighted by atomic mass is 10.1. The Labute approximate surface area is 141 Å². The minimum absolute atomic E-state index is 0.00452. The molecule has 0 bridgehead atoms. The Bertz CT molecular complexity index is 1020. The summed E-state index contributed by atoms with van der Waals surface area (Å²) in [4.78, 5) is 12.3. The van der Waals surface area contributed by atoms with E-state index in [1.165, 1.54) is 12.1 Å². The third-order valence-corrected chi connectivity index (χ3v) is 3.94. The van der Waals surface area contributed by atoms with Crippen LogP contribution in [-0.4, -0.2) is 34.6 Å². The van der Waals surface area contributed by atoms with E-state index in [0.717, 1.165) is 6.07 Å². The van der Waals surface area contributed by atoms with Gasteiger partial charge in [-0.1, -0.05) is 0 Å². The third-order valence-electron chi connectivity index (χ3n) is 3.94. The lowest BCUT2D eigenvalue weighted by Gasteiger charge is -2.25. The molecule has 1 aliphatic heterocycles. The molecule has 0 fully saturated rings. The average Bonchev–Trinajstić information content (AvgIpc) is 2.59. The van der Waals surface area contributed by atoms with Gasteiger partial charge in [0.2, 0.25) is 0 Å². The van der Waals surface area contributed by atoms with Gasteiger partial charge in [0, 0.05) is 23.8 Å². The first kappa shape index (κ1) is 15.3. The van der Waals surface area contributed by atoms with Gasteiger partial charge < -0.3 is 29.2 Å². The lowest BCUT2D eigenvalue weighted by molar-refractivity contribution is 0.0457. The Kier molecular flexibility index (Phi) is 3.51. The minimum Gasteiger partial charge on any atom is -0.508 e. The molecule has 0 saturated carbocycles. The normalized spacial score (nSPS) is 16.1. The van der Waals surface area contributed by atoms with Crippen molar-refractivity contribution in [3.8, 4) is 34.3 Å². The zero-order valence-electron chi connectivity index (χ0n) is 12.9. The van der Waals surface area contributed by atoms with Gasteiger partial charge in [0.25, 0.3) is 0 Å². The van der Waals surface area contributed by atoms with E-state index in [9.17, 15) is 15.0 Å². The number of hydrogen-bond donors (Lipinski definition) is 3. The molecule has 25 heavy (non-hydrogen) atoms. The molecule has 1 atom stereocenters. The standard InChI is InChI=1S/C18H14O7/c19-7-11-8-23-16-3-9(1-2-14(16)24-11)15-6-13(22)18-12(21)4-10(20)5-17(18)25-15/h1-6,11,19-21H,7-8H2/t11-/m1/s1. The van der Waals surface area contributed by atoms with Crippen molar-refractivity contribution in [1.29, 1.82) is 0 Å². The Morgan fingerprint density at radius 3 is 2.72 bits per heavy atom. The summed E-state index contributed by atoms with van der Waals surface area (Å²) in [5, 5.41) is 28.5. The summed E-state index contributed by atoms with van der Waals surface area (Å²) in [6, 6.07) is 8.63. The molecule has 7 nitrogen and oxygen atoms in total. The predicted octanol–water partition coefficient (Wildman–Crippen LogP) is 2.00. The first-order valence-corrected chi connectivity index (χ1v) is 7.60.